The Balaban J connectivity index is 1.88. The zero-order chi connectivity index (χ0) is 14.4. The minimum Gasteiger partial charge on any atom is -0.496 e. The van der Waals surface area contributed by atoms with Gasteiger partial charge in [-0.1, -0.05) is 12.1 Å². The summed E-state index contributed by atoms with van der Waals surface area (Å²) in [5.74, 6) is 0.710. The molecule has 2 fully saturated rings. The largest absolute Gasteiger partial charge is 0.496 e. The molecule has 1 saturated carbocycles. The third kappa shape index (κ3) is 2.34. The number of methoxy groups -OCH3 is 1. The lowest BCUT2D eigenvalue weighted by atomic mass is 9.72. The number of ether oxygens (including phenoxy) is 1. The van der Waals surface area contributed by atoms with Crippen molar-refractivity contribution >= 4 is 12.6 Å². The molecule has 3 rings (SSSR count). The Hall–Kier alpha value is -1.04. The smallest absolute Gasteiger partial charge is 0.494 e. The summed E-state index contributed by atoms with van der Waals surface area (Å²) in [7, 11) is 1.27. The van der Waals surface area contributed by atoms with Gasteiger partial charge in [-0.2, -0.15) is 0 Å². The predicted molar refractivity (Wildman–Crippen MR) is 77.2 cm³/mol. The van der Waals surface area contributed by atoms with Crippen LogP contribution in [0.5, 0.6) is 5.75 Å². The van der Waals surface area contributed by atoms with Gasteiger partial charge >= 0.3 is 7.12 Å². The van der Waals surface area contributed by atoms with Crippen molar-refractivity contribution in [2.24, 2.45) is 0 Å². The minimum atomic E-state index is -0.722. The van der Waals surface area contributed by atoms with Gasteiger partial charge in [-0.15, -0.1) is 0 Å². The molecule has 20 heavy (non-hydrogen) atoms. The predicted octanol–water partition coefficient (Wildman–Crippen LogP) is 1.59. The molecule has 1 aliphatic carbocycles. The molecular weight excluding hydrogens is 255 g/mol. The third-order valence-corrected chi connectivity index (χ3v) is 4.19. The second-order valence-electron chi connectivity index (χ2n) is 6.37. The van der Waals surface area contributed by atoms with Gasteiger partial charge in [0.15, 0.2) is 0 Å². The molecular formula is C15H21BO4. The van der Waals surface area contributed by atoms with E-state index >= 15 is 0 Å². The molecule has 108 valence electrons. The van der Waals surface area contributed by atoms with Crippen molar-refractivity contribution in [3.05, 3.63) is 23.8 Å². The summed E-state index contributed by atoms with van der Waals surface area (Å²) in [4.78, 5) is 0. The fraction of sp³-hybridized carbons (Fsp3) is 0.600. The van der Waals surface area contributed by atoms with Gasteiger partial charge in [0.25, 0.3) is 0 Å². The highest BCUT2D eigenvalue weighted by Crippen LogP contribution is 2.44. The SMILES string of the molecule is COc1cc(B2OCC(C)(C)O2)ccc1C1(O)CCC1. The lowest BCUT2D eigenvalue weighted by Crippen LogP contribution is -2.37. The van der Waals surface area contributed by atoms with Crippen LogP contribution in [-0.4, -0.2) is 31.5 Å². The van der Waals surface area contributed by atoms with Gasteiger partial charge in [-0.05, 0) is 44.6 Å². The van der Waals surface area contributed by atoms with E-state index in [2.05, 4.69) is 0 Å². The average Bonchev–Trinajstić information content (AvgIpc) is 2.75. The molecule has 1 saturated heterocycles. The monoisotopic (exact) mass is 276 g/mol. The average molecular weight is 276 g/mol. The van der Waals surface area contributed by atoms with E-state index in [1.54, 1.807) is 7.11 Å². The van der Waals surface area contributed by atoms with E-state index in [4.69, 9.17) is 14.0 Å². The van der Waals surface area contributed by atoms with Crippen LogP contribution < -0.4 is 10.2 Å². The highest BCUT2D eigenvalue weighted by atomic mass is 16.7. The highest BCUT2D eigenvalue weighted by Gasteiger charge is 2.41. The molecule has 0 radical (unpaired) electrons. The summed E-state index contributed by atoms with van der Waals surface area (Å²) >= 11 is 0. The van der Waals surface area contributed by atoms with Crippen LogP contribution in [0.3, 0.4) is 0 Å². The molecule has 4 nitrogen and oxygen atoms in total. The summed E-state index contributed by atoms with van der Waals surface area (Å²) in [6, 6.07) is 5.81. The van der Waals surface area contributed by atoms with Crippen molar-refractivity contribution in [2.45, 2.75) is 44.3 Å². The number of rotatable bonds is 3. The standard InChI is InChI=1S/C15H21BO4/c1-14(2)10-19-16(20-14)11-5-6-12(13(9-11)18-3)15(17)7-4-8-15/h5-6,9,17H,4,7-8,10H2,1-3H3. The maximum atomic E-state index is 10.5. The van der Waals surface area contributed by atoms with Gasteiger partial charge in [-0.25, -0.2) is 0 Å². The van der Waals surface area contributed by atoms with Crippen LogP contribution in [0.15, 0.2) is 18.2 Å². The van der Waals surface area contributed by atoms with Gasteiger partial charge < -0.3 is 19.2 Å². The molecule has 1 heterocycles. The van der Waals surface area contributed by atoms with Crippen LogP contribution in [-0.2, 0) is 14.9 Å². The van der Waals surface area contributed by atoms with Crippen molar-refractivity contribution in [3.8, 4) is 5.75 Å². The van der Waals surface area contributed by atoms with Crippen LogP contribution in [0.25, 0.3) is 0 Å². The quantitative estimate of drug-likeness (QED) is 0.852. The molecule has 0 spiro atoms. The lowest BCUT2D eigenvalue weighted by Gasteiger charge is -2.38. The first kappa shape index (κ1) is 13.9. The van der Waals surface area contributed by atoms with Gasteiger partial charge in [0.05, 0.1) is 24.9 Å². The van der Waals surface area contributed by atoms with Crippen LogP contribution in [0, 0.1) is 0 Å². The maximum Gasteiger partial charge on any atom is 0.494 e. The molecule has 1 N–H and O–H groups in total. The summed E-state index contributed by atoms with van der Waals surface area (Å²) < 4.78 is 17.0. The number of benzene rings is 1. The first-order valence-electron chi connectivity index (χ1n) is 7.14. The van der Waals surface area contributed by atoms with Crippen molar-refractivity contribution in [1.29, 1.82) is 0 Å². The molecule has 1 aliphatic heterocycles. The number of hydrogen-bond donors (Lipinski definition) is 1. The molecule has 0 amide bonds. The Labute approximate surface area is 120 Å². The Kier molecular flexibility index (Phi) is 3.31. The molecule has 5 heteroatoms. The normalized spacial score (nSPS) is 23.5. The van der Waals surface area contributed by atoms with E-state index in [0.29, 0.717) is 12.4 Å². The van der Waals surface area contributed by atoms with Crippen LogP contribution in [0.1, 0.15) is 38.7 Å². The van der Waals surface area contributed by atoms with Gasteiger partial charge in [-0.3, -0.25) is 0 Å². The Bertz CT molecular complexity index is 511. The fourth-order valence-electron chi connectivity index (χ4n) is 2.82. The summed E-state index contributed by atoms with van der Waals surface area (Å²) in [5, 5.41) is 10.5. The van der Waals surface area contributed by atoms with Crippen molar-refractivity contribution in [2.75, 3.05) is 13.7 Å². The highest BCUT2D eigenvalue weighted by molar-refractivity contribution is 6.62. The maximum absolute atomic E-state index is 10.5. The third-order valence-electron chi connectivity index (χ3n) is 4.19. The molecule has 0 atom stereocenters. The molecule has 0 bridgehead atoms. The molecule has 1 aromatic rings. The summed E-state index contributed by atoms with van der Waals surface area (Å²) in [6.45, 7) is 4.59. The van der Waals surface area contributed by atoms with Crippen LogP contribution in [0.4, 0.5) is 0 Å². The topological polar surface area (TPSA) is 47.9 Å². The Morgan fingerprint density at radius 3 is 2.55 bits per heavy atom. The summed E-state index contributed by atoms with van der Waals surface area (Å²) in [6.07, 6.45) is 2.66. The van der Waals surface area contributed by atoms with E-state index in [0.717, 1.165) is 30.3 Å². The van der Waals surface area contributed by atoms with E-state index in [1.807, 2.05) is 32.0 Å². The van der Waals surface area contributed by atoms with E-state index in [9.17, 15) is 5.11 Å². The summed E-state index contributed by atoms with van der Waals surface area (Å²) in [5.41, 5.74) is 0.815. The second kappa shape index (κ2) is 4.76. The molecule has 0 aromatic heterocycles. The van der Waals surface area contributed by atoms with Crippen molar-refractivity contribution < 1.29 is 19.2 Å². The second-order valence-corrected chi connectivity index (χ2v) is 6.37. The van der Waals surface area contributed by atoms with Gasteiger partial charge in [0, 0.05) is 5.56 Å². The Morgan fingerprint density at radius 2 is 2.05 bits per heavy atom. The van der Waals surface area contributed by atoms with Crippen molar-refractivity contribution in [3.63, 3.8) is 0 Å². The first-order valence-corrected chi connectivity index (χ1v) is 7.14. The van der Waals surface area contributed by atoms with Crippen molar-refractivity contribution in [1.82, 2.24) is 0 Å². The zero-order valence-corrected chi connectivity index (χ0v) is 12.3. The van der Waals surface area contributed by atoms with E-state index in [1.165, 1.54) is 0 Å². The first-order chi connectivity index (χ1) is 9.43. The minimum absolute atomic E-state index is 0.261. The van der Waals surface area contributed by atoms with E-state index < -0.39 is 5.60 Å². The number of hydrogen-bond acceptors (Lipinski definition) is 4. The van der Waals surface area contributed by atoms with Crippen LogP contribution in [0.2, 0.25) is 0 Å². The van der Waals surface area contributed by atoms with Crippen LogP contribution >= 0.6 is 0 Å². The van der Waals surface area contributed by atoms with E-state index in [-0.39, 0.29) is 12.7 Å². The molecule has 1 aromatic carbocycles. The van der Waals surface area contributed by atoms with Gasteiger partial charge in [0.1, 0.15) is 5.75 Å². The number of aliphatic hydroxyl groups is 1. The fourth-order valence-corrected chi connectivity index (χ4v) is 2.82. The van der Waals surface area contributed by atoms with Gasteiger partial charge in [0.2, 0.25) is 0 Å². The molecule has 0 unspecified atom stereocenters. The Morgan fingerprint density at radius 1 is 1.30 bits per heavy atom. The zero-order valence-electron chi connectivity index (χ0n) is 12.3. The molecule has 2 aliphatic rings. The lowest BCUT2D eigenvalue weighted by molar-refractivity contribution is -0.0404.